The summed E-state index contributed by atoms with van der Waals surface area (Å²) in [5.41, 5.74) is 3.40. The number of nitrogens with one attached hydrogen (secondary N) is 1. The number of hydrogen-bond donors (Lipinski definition) is 1. The third kappa shape index (κ3) is 4.68. The molecule has 0 bridgehead atoms. The van der Waals surface area contributed by atoms with Gasteiger partial charge in [0.15, 0.2) is 0 Å². The van der Waals surface area contributed by atoms with Crippen LogP contribution in [0.5, 0.6) is 0 Å². The number of sulfonamides is 2. The molecule has 0 saturated heterocycles. The molecule has 0 spiro atoms. The topological polar surface area (TPSA) is 95.9 Å². The van der Waals surface area contributed by atoms with Crippen molar-refractivity contribution in [2.24, 2.45) is 5.10 Å². The molecule has 1 aliphatic rings. The average molecular weight is 470 g/mol. The Morgan fingerprint density at radius 1 is 0.906 bits per heavy atom. The van der Waals surface area contributed by atoms with Crippen molar-refractivity contribution in [3.05, 3.63) is 95.6 Å². The van der Waals surface area contributed by atoms with Crippen LogP contribution in [0.4, 0.5) is 5.69 Å². The van der Waals surface area contributed by atoms with E-state index < -0.39 is 26.1 Å². The van der Waals surface area contributed by atoms with Gasteiger partial charge in [-0.25, -0.2) is 8.42 Å². The number of hydrazone groups is 1. The van der Waals surface area contributed by atoms with E-state index in [1.807, 2.05) is 37.3 Å². The molecule has 0 amide bonds. The monoisotopic (exact) mass is 469 g/mol. The van der Waals surface area contributed by atoms with E-state index >= 15 is 0 Å². The molecule has 0 fully saturated rings. The third-order valence-corrected chi connectivity index (χ3v) is 7.42. The second-order valence-corrected chi connectivity index (χ2v) is 11.3. The van der Waals surface area contributed by atoms with Crippen molar-refractivity contribution < 1.29 is 16.8 Å². The standard InChI is InChI=1S/C23H23N3O4S2/c1-17-11-13-21(14-12-17)32(29,30)26-23(18-7-4-3-5-8-18)16-22(24-26)19-9-6-10-20(15-19)25-31(2,27)28/h3-15,23,25H,16H2,1-2H3. The normalized spacial score (nSPS) is 16.6. The summed E-state index contributed by atoms with van der Waals surface area (Å²) in [4.78, 5) is 0.168. The minimum Gasteiger partial charge on any atom is -0.284 e. The molecule has 3 aromatic carbocycles. The van der Waals surface area contributed by atoms with Crippen molar-refractivity contribution in [3.8, 4) is 0 Å². The molecule has 0 aliphatic carbocycles. The van der Waals surface area contributed by atoms with Gasteiger partial charge < -0.3 is 0 Å². The van der Waals surface area contributed by atoms with E-state index in [0.29, 0.717) is 23.4 Å². The lowest BCUT2D eigenvalue weighted by molar-refractivity contribution is 0.371. The van der Waals surface area contributed by atoms with Crippen LogP contribution in [0.2, 0.25) is 0 Å². The highest BCUT2D eigenvalue weighted by molar-refractivity contribution is 7.92. The summed E-state index contributed by atoms with van der Waals surface area (Å²) in [7, 11) is -7.34. The second kappa shape index (κ2) is 8.40. The van der Waals surface area contributed by atoms with Gasteiger partial charge in [-0.15, -0.1) is 0 Å². The fourth-order valence-corrected chi connectivity index (χ4v) is 5.59. The maximum Gasteiger partial charge on any atom is 0.279 e. The van der Waals surface area contributed by atoms with Crippen LogP contribution in [-0.4, -0.2) is 33.2 Å². The summed E-state index contributed by atoms with van der Waals surface area (Å²) in [6.45, 7) is 1.90. The smallest absolute Gasteiger partial charge is 0.279 e. The van der Waals surface area contributed by atoms with Gasteiger partial charge in [0.2, 0.25) is 10.0 Å². The molecule has 0 radical (unpaired) electrons. The predicted molar refractivity (Wildman–Crippen MR) is 125 cm³/mol. The quantitative estimate of drug-likeness (QED) is 0.592. The van der Waals surface area contributed by atoms with Crippen molar-refractivity contribution in [3.63, 3.8) is 0 Å². The highest BCUT2D eigenvalue weighted by Gasteiger charge is 2.37. The maximum absolute atomic E-state index is 13.5. The molecular formula is C23H23N3O4S2. The zero-order valence-electron chi connectivity index (χ0n) is 17.6. The number of rotatable bonds is 6. The lowest BCUT2D eigenvalue weighted by Crippen LogP contribution is -2.27. The maximum atomic E-state index is 13.5. The molecule has 166 valence electrons. The predicted octanol–water partition coefficient (Wildman–Crippen LogP) is 3.91. The summed E-state index contributed by atoms with van der Waals surface area (Å²) < 4.78 is 53.8. The highest BCUT2D eigenvalue weighted by Crippen LogP contribution is 2.37. The molecule has 3 aromatic rings. The largest absolute Gasteiger partial charge is 0.284 e. The molecule has 4 rings (SSSR count). The first kappa shape index (κ1) is 22.0. The average Bonchev–Trinajstić information content (AvgIpc) is 3.20. The summed E-state index contributed by atoms with van der Waals surface area (Å²) in [6.07, 6.45) is 1.44. The Bertz CT molecular complexity index is 1370. The van der Waals surface area contributed by atoms with Gasteiger partial charge in [0, 0.05) is 12.1 Å². The van der Waals surface area contributed by atoms with Gasteiger partial charge in [0.25, 0.3) is 10.0 Å². The van der Waals surface area contributed by atoms with E-state index in [-0.39, 0.29) is 4.90 Å². The van der Waals surface area contributed by atoms with Crippen LogP contribution in [0.15, 0.2) is 88.9 Å². The van der Waals surface area contributed by atoms with Crippen LogP contribution in [-0.2, 0) is 20.0 Å². The Balaban J connectivity index is 1.77. The molecular weight excluding hydrogens is 446 g/mol. The molecule has 32 heavy (non-hydrogen) atoms. The van der Waals surface area contributed by atoms with E-state index in [1.165, 1.54) is 4.41 Å². The number of benzene rings is 3. The molecule has 0 saturated carbocycles. The zero-order valence-corrected chi connectivity index (χ0v) is 19.3. The van der Waals surface area contributed by atoms with Gasteiger partial charge in [-0.3, -0.25) is 4.72 Å². The lowest BCUT2D eigenvalue weighted by Gasteiger charge is -2.23. The summed E-state index contributed by atoms with van der Waals surface area (Å²) in [5, 5.41) is 4.51. The van der Waals surface area contributed by atoms with Gasteiger partial charge in [0.05, 0.1) is 22.9 Å². The minimum atomic E-state index is -3.90. The molecule has 9 heteroatoms. The highest BCUT2D eigenvalue weighted by atomic mass is 32.2. The first-order valence-corrected chi connectivity index (χ1v) is 13.3. The first-order chi connectivity index (χ1) is 15.1. The fourth-order valence-electron chi connectivity index (χ4n) is 3.60. The Morgan fingerprint density at radius 2 is 1.59 bits per heavy atom. The van der Waals surface area contributed by atoms with Gasteiger partial charge >= 0.3 is 0 Å². The SMILES string of the molecule is Cc1ccc(S(=O)(=O)N2N=C(c3cccc(NS(C)(=O)=O)c3)CC2c2ccccc2)cc1. The fraction of sp³-hybridized carbons (Fsp3) is 0.174. The summed E-state index contributed by atoms with van der Waals surface area (Å²) in [6, 6.07) is 22.3. The van der Waals surface area contributed by atoms with Crippen molar-refractivity contribution >= 4 is 31.4 Å². The number of nitrogens with zero attached hydrogens (tertiary/aromatic N) is 2. The molecule has 1 heterocycles. The first-order valence-electron chi connectivity index (χ1n) is 9.95. The molecule has 1 N–H and O–H groups in total. The molecule has 1 atom stereocenters. The Labute approximate surface area is 188 Å². The van der Waals surface area contributed by atoms with Crippen molar-refractivity contribution in [1.29, 1.82) is 0 Å². The number of aryl methyl sites for hydroxylation is 1. The van der Waals surface area contributed by atoms with Gasteiger partial charge in [-0.1, -0.05) is 60.2 Å². The van der Waals surface area contributed by atoms with Crippen molar-refractivity contribution in [2.45, 2.75) is 24.3 Å². The number of anilines is 1. The minimum absolute atomic E-state index is 0.168. The lowest BCUT2D eigenvalue weighted by atomic mass is 9.99. The van der Waals surface area contributed by atoms with Crippen LogP contribution in [0.1, 0.15) is 29.2 Å². The van der Waals surface area contributed by atoms with E-state index in [2.05, 4.69) is 9.82 Å². The Kier molecular flexibility index (Phi) is 5.79. The third-order valence-electron chi connectivity index (χ3n) is 5.12. The van der Waals surface area contributed by atoms with Crippen molar-refractivity contribution in [2.75, 3.05) is 11.0 Å². The van der Waals surface area contributed by atoms with Crippen LogP contribution in [0.3, 0.4) is 0 Å². The summed E-state index contributed by atoms with van der Waals surface area (Å²) >= 11 is 0. The van der Waals surface area contributed by atoms with Gasteiger partial charge in [0.1, 0.15) is 0 Å². The Morgan fingerprint density at radius 3 is 2.25 bits per heavy atom. The van der Waals surface area contributed by atoms with E-state index in [4.69, 9.17) is 0 Å². The van der Waals surface area contributed by atoms with Crippen LogP contribution in [0, 0.1) is 6.92 Å². The van der Waals surface area contributed by atoms with Gasteiger partial charge in [-0.2, -0.15) is 17.9 Å². The molecule has 0 aromatic heterocycles. The molecule has 1 unspecified atom stereocenters. The van der Waals surface area contributed by atoms with Crippen LogP contribution < -0.4 is 4.72 Å². The zero-order chi connectivity index (χ0) is 22.9. The number of hydrogen-bond acceptors (Lipinski definition) is 5. The van der Waals surface area contributed by atoms with Crippen molar-refractivity contribution in [1.82, 2.24) is 4.41 Å². The molecule has 7 nitrogen and oxygen atoms in total. The van der Waals surface area contributed by atoms with Crippen LogP contribution >= 0.6 is 0 Å². The van der Waals surface area contributed by atoms with E-state index in [0.717, 1.165) is 17.4 Å². The van der Waals surface area contributed by atoms with E-state index in [9.17, 15) is 16.8 Å². The summed E-state index contributed by atoms with van der Waals surface area (Å²) in [5.74, 6) is 0. The second-order valence-electron chi connectivity index (χ2n) is 7.72. The molecule has 1 aliphatic heterocycles. The van der Waals surface area contributed by atoms with Gasteiger partial charge in [-0.05, 0) is 42.3 Å². The Hall–Kier alpha value is -3.17. The van der Waals surface area contributed by atoms with Crippen LogP contribution in [0.25, 0.3) is 0 Å². The van der Waals surface area contributed by atoms with E-state index in [1.54, 1.807) is 48.5 Å².